The van der Waals surface area contributed by atoms with Crippen LogP contribution in [0.2, 0.25) is 0 Å². The number of nitrogens with two attached hydrogens (primary N) is 1. The number of carbonyl (C=O) groups is 1. The molecular formula is C23H21N3O3S. The minimum atomic E-state index is -0.452. The van der Waals surface area contributed by atoms with Crippen LogP contribution in [-0.4, -0.2) is 24.5 Å². The van der Waals surface area contributed by atoms with Crippen LogP contribution in [0.3, 0.4) is 0 Å². The van der Waals surface area contributed by atoms with E-state index in [2.05, 4.69) is 10.2 Å². The predicted molar refractivity (Wildman–Crippen MR) is 121 cm³/mol. The zero-order valence-corrected chi connectivity index (χ0v) is 17.2. The Morgan fingerprint density at radius 1 is 1.00 bits per heavy atom. The second-order valence-corrected chi connectivity index (χ2v) is 7.14. The van der Waals surface area contributed by atoms with Gasteiger partial charge < -0.3 is 15.2 Å². The molecule has 0 aromatic heterocycles. The van der Waals surface area contributed by atoms with Crippen LogP contribution < -0.4 is 15.2 Å². The number of carbonyl (C=O) groups excluding carboxylic acids is 1. The highest BCUT2D eigenvalue weighted by atomic mass is 32.2. The van der Waals surface area contributed by atoms with Crippen molar-refractivity contribution in [1.29, 1.82) is 0 Å². The third kappa shape index (κ3) is 6.49. The molecule has 3 aromatic rings. The number of methoxy groups -OCH3 is 1. The number of rotatable bonds is 7. The number of ether oxygens (including phenoxy) is 2. The highest BCUT2D eigenvalue weighted by Crippen LogP contribution is 2.17. The van der Waals surface area contributed by atoms with Crippen LogP contribution in [0, 0.1) is 0 Å². The maximum atomic E-state index is 12.3. The van der Waals surface area contributed by atoms with E-state index >= 15 is 0 Å². The summed E-state index contributed by atoms with van der Waals surface area (Å²) < 4.78 is 10.5. The molecule has 0 bridgehead atoms. The summed E-state index contributed by atoms with van der Waals surface area (Å²) in [6, 6.07) is 23.7. The first kappa shape index (κ1) is 21.1. The molecule has 0 aliphatic heterocycles. The summed E-state index contributed by atoms with van der Waals surface area (Å²) in [6.45, 7) is 0. The lowest BCUT2D eigenvalue weighted by Crippen LogP contribution is -2.08. The van der Waals surface area contributed by atoms with Crippen molar-refractivity contribution in [2.75, 3.05) is 7.11 Å². The van der Waals surface area contributed by atoms with Crippen molar-refractivity contribution in [3.8, 4) is 11.5 Å². The maximum Gasteiger partial charge on any atom is 0.343 e. The molecule has 6 nitrogen and oxygen atoms in total. The van der Waals surface area contributed by atoms with Gasteiger partial charge in [-0.3, -0.25) is 0 Å². The molecule has 0 unspecified atom stereocenters. The summed E-state index contributed by atoms with van der Waals surface area (Å²) in [7, 11) is 1.57. The average Bonchev–Trinajstić information content (AvgIpc) is 2.79. The van der Waals surface area contributed by atoms with Crippen molar-refractivity contribution in [1.82, 2.24) is 0 Å². The van der Waals surface area contributed by atoms with Crippen molar-refractivity contribution in [2.45, 2.75) is 5.75 Å². The van der Waals surface area contributed by atoms with Gasteiger partial charge in [0.25, 0.3) is 0 Å². The van der Waals surface area contributed by atoms with E-state index < -0.39 is 5.97 Å². The van der Waals surface area contributed by atoms with Gasteiger partial charge in [0.15, 0.2) is 5.17 Å². The standard InChI is InChI=1S/C23H21N3O3S/c1-28-20-12-10-19(11-13-20)22(27)29-21-9-5-8-18(14-21)15-25-26-23(24)30-16-17-6-3-2-4-7-17/h2-15H,16H2,1H3,(H2,24,26). The van der Waals surface area contributed by atoms with Crippen molar-refractivity contribution in [3.63, 3.8) is 0 Å². The Labute approximate surface area is 179 Å². The quantitative estimate of drug-likeness (QED) is 0.200. The molecule has 0 fully saturated rings. The monoisotopic (exact) mass is 419 g/mol. The van der Waals surface area contributed by atoms with Gasteiger partial charge in [0.1, 0.15) is 11.5 Å². The molecule has 0 amide bonds. The fraction of sp³-hybridized carbons (Fsp3) is 0.0870. The van der Waals surface area contributed by atoms with Crippen LogP contribution >= 0.6 is 11.8 Å². The molecule has 0 aliphatic carbocycles. The van der Waals surface area contributed by atoms with Gasteiger partial charge in [0, 0.05) is 5.75 Å². The van der Waals surface area contributed by atoms with Crippen LogP contribution in [0.5, 0.6) is 11.5 Å². The van der Waals surface area contributed by atoms with E-state index in [-0.39, 0.29) is 0 Å². The lowest BCUT2D eigenvalue weighted by molar-refractivity contribution is 0.0734. The van der Waals surface area contributed by atoms with Crippen molar-refractivity contribution in [2.24, 2.45) is 15.9 Å². The fourth-order valence-electron chi connectivity index (χ4n) is 2.46. The molecule has 3 aromatic carbocycles. The second kappa shape index (κ2) is 10.8. The lowest BCUT2D eigenvalue weighted by Gasteiger charge is -2.06. The Hall–Kier alpha value is -3.58. The molecule has 0 heterocycles. The van der Waals surface area contributed by atoms with E-state index in [1.54, 1.807) is 55.8 Å². The van der Waals surface area contributed by atoms with Gasteiger partial charge in [0.05, 0.1) is 18.9 Å². The first-order valence-electron chi connectivity index (χ1n) is 9.13. The van der Waals surface area contributed by atoms with Gasteiger partial charge in [0.2, 0.25) is 0 Å². The van der Waals surface area contributed by atoms with Crippen molar-refractivity contribution >= 4 is 29.1 Å². The highest BCUT2D eigenvalue weighted by Gasteiger charge is 2.09. The first-order chi connectivity index (χ1) is 14.6. The molecule has 0 saturated heterocycles. The number of benzene rings is 3. The smallest absolute Gasteiger partial charge is 0.343 e. The number of esters is 1. The summed E-state index contributed by atoms with van der Waals surface area (Å²) in [5, 5.41) is 8.38. The molecule has 7 heteroatoms. The minimum absolute atomic E-state index is 0.372. The van der Waals surface area contributed by atoms with Crippen molar-refractivity contribution < 1.29 is 14.3 Å². The topological polar surface area (TPSA) is 86.3 Å². The largest absolute Gasteiger partial charge is 0.497 e. The normalized spacial score (nSPS) is 11.4. The van der Waals surface area contributed by atoms with E-state index in [0.29, 0.717) is 22.2 Å². The zero-order valence-electron chi connectivity index (χ0n) is 16.4. The summed E-state index contributed by atoms with van der Waals surface area (Å²) in [5.41, 5.74) is 8.22. The van der Waals surface area contributed by atoms with Gasteiger partial charge in [-0.25, -0.2) is 4.79 Å². The maximum absolute atomic E-state index is 12.3. The van der Waals surface area contributed by atoms with Gasteiger partial charge in [-0.05, 0) is 47.5 Å². The van der Waals surface area contributed by atoms with Crippen LogP contribution in [0.4, 0.5) is 0 Å². The number of hydrogen-bond donors (Lipinski definition) is 1. The predicted octanol–water partition coefficient (Wildman–Crippen LogP) is 4.50. The SMILES string of the molecule is COc1ccc(C(=O)Oc2cccc(C=NN=C(N)SCc3ccccc3)c2)cc1. The third-order valence-electron chi connectivity index (χ3n) is 3.99. The van der Waals surface area contributed by atoms with E-state index in [4.69, 9.17) is 15.2 Å². The van der Waals surface area contributed by atoms with Gasteiger partial charge in [-0.2, -0.15) is 5.10 Å². The molecule has 30 heavy (non-hydrogen) atoms. The van der Waals surface area contributed by atoms with Crippen LogP contribution in [0.25, 0.3) is 0 Å². The van der Waals surface area contributed by atoms with E-state index in [9.17, 15) is 4.79 Å². The number of nitrogens with zero attached hydrogens (tertiary/aromatic N) is 2. The molecule has 0 spiro atoms. The Morgan fingerprint density at radius 3 is 2.50 bits per heavy atom. The van der Waals surface area contributed by atoms with E-state index in [0.717, 1.165) is 16.9 Å². The molecule has 2 N–H and O–H groups in total. The molecule has 0 radical (unpaired) electrons. The molecule has 0 saturated carbocycles. The van der Waals surface area contributed by atoms with Gasteiger partial charge >= 0.3 is 5.97 Å². The summed E-state index contributed by atoms with van der Waals surface area (Å²) in [4.78, 5) is 12.3. The van der Waals surface area contributed by atoms with Gasteiger partial charge in [-0.1, -0.05) is 54.2 Å². The fourth-order valence-corrected chi connectivity index (χ4v) is 3.08. The Balaban J connectivity index is 1.56. The van der Waals surface area contributed by atoms with Crippen molar-refractivity contribution in [3.05, 3.63) is 95.6 Å². The average molecular weight is 420 g/mol. The Morgan fingerprint density at radius 2 is 1.77 bits per heavy atom. The lowest BCUT2D eigenvalue weighted by atomic mass is 10.2. The minimum Gasteiger partial charge on any atom is -0.497 e. The van der Waals surface area contributed by atoms with E-state index in [1.165, 1.54) is 11.8 Å². The number of hydrogen-bond acceptors (Lipinski definition) is 6. The Kier molecular flexibility index (Phi) is 7.63. The van der Waals surface area contributed by atoms with Crippen LogP contribution in [0.1, 0.15) is 21.5 Å². The highest BCUT2D eigenvalue weighted by molar-refractivity contribution is 8.13. The number of thioether (sulfide) groups is 1. The first-order valence-corrected chi connectivity index (χ1v) is 10.1. The summed E-state index contributed by atoms with van der Waals surface area (Å²) in [5.74, 6) is 1.36. The third-order valence-corrected chi connectivity index (χ3v) is 4.84. The summed E-state index contributed by atoms with van der Waals surface area (Å²) in [6.07, 6.45) is 1.56. The molecule has 0 aliphatic rings. The summed E-state index contributed by atoms with van der Waals surface area (Å²) >= 11 is 1.41. The zero-order chi connectivity index (χ0) is 21.2. The molecule has 152 valence electrons. The molecule has 0 atom stereocenters. The Bertz CT molecular complexity index is 1040. The number of amidine groups is 1. The van der Waals surface area contributed by atoms with Crippen LogP contribution in [-0.2, 0) is 5.75 Å². The van der Waals surface area contributed by atoms with Crippen LogP contribution in [0.15, 0.2) is 89.1 Å². The van der Waals surface area contributed by atoms with Gasteiger partial charge in [-0.15, -0.1) is 5.10 Å². The molecule has 3 rings (SSSR count). The second-order valence-electron chi connectivity index (χ2n) is 6.15. The molecular weight excluding hydrogens is 398 g/mol. The van der Waals surface area contributed by atoms with E-state index in [1.807, 2.05) is 36.4 Å².